The van der Waals surface area contributed by atoms with Crippen molar-refractivity contribution < 1.29 is 32.2 Å². The van der Waals surface area contributed by atoms with Gasteiger partial charge in [0.05, 0.1) is 17.0 Å². The number of aromatic nitrogens is 1. The summed E-state index contributed by atoms with van der Waals surface area (Å²) >= 11 is 0. The van der Waals surface area contributed by atoms with Gasteiger partial charge in [0.15, 0.2) is 24.2 Å². The number of sulfonamides is 1. The molecule has 2 N–H and O–H groups in total. The molecule has 1 atom stereocenters. The molecule has 2 aromatic carbocycles. The molecule has 3 aromatic rings. The van der Waals surface area contributed by atoms with E-state index in [1.807, 2.05) is 42.7 Å². The number of carbonyl (C=O) groups excluding carboxylic acids is 2. The van der Waals surface area contributed by atoms with Gasteiger partial charge in [0, 0.05) is 17.0 Å². The van der Waals surface area contributed by atoms with Gasteiger partial charge in [-0.25, -0.2) is 18.4 Å². The summed E-state index contributed by atoms with van der Waals surface area (Å²) in [6.45, 7) is 5.65. The third kappa shape index (κ3) is 5.23. The zero-order valence-corrected chi connectivity index (χ0v) is 20.4. The van der Waals surface area contributed by atoms with Crippen LogP contribution in [-0.4, -0.2) is 44.1 Å². The molecule has 184 valence electrons. The van der Waals surface area contributed by atoms with Crippen molar-refractivity contribution in [3.8, 4) is 11.5 Å². The van der Waals surface area contributed by atoms with E-state index in [0.29, 0.717) is 35.8 Å². The van der Waals surface area contributed by atoms with Crippen LogP contribution in [0.15, 0.2) is 53.4 Å². The average Bonchev–Trinajstić information content (AvgIpc) is 3.10. The van der Waals surface area contributed by atoms with E-state index < -0.39 is 22.6 Å². The van der Waals surface area contributed by atoms with Crippen molar-refractivity contribution in [2.75, 3.05) is 13.2 Å². The molecule has 1 aliphatic heterocycles. The van der Waals surface area contributed by atoms with Crippen LogP contribution in [0.2, 0.25) is 0 Å². The van der Waals surface area contributed by atoms with E-state index >= 15 is 0 Å². The number of carbonyl (C=O) groups is 2. The van der Waals surface area contributed by atoms with Gasteiger partial charge in [0.25, 0.3) is 0 Å². The van der Waals surface area contributed by atoms with Gasteiger partial charge < -0.3 is 18.8 Å². The van der Waals surface area contributed by atoms with Gasteiger partial charge in [-0.1, -0.05) is 18.2 Å². The third-order valence-electron chi connectivity index (χ3n) is 5.89. The summed E-state index contributed by atoms with van der Waals surface area (Å²) in [6, 6.07) is 13.2. The van der Waals surface area contributed by atoms with Crippen LogP contribution >= 0.6 is 0 Å². The highest BCUT2D eigenvalue weighted by atomic mass is 32.2. The Hall–Kier alpha value is -3.63. The quantitative estimate of drug-likeness (QED) is 0.392. The predicted molar refractivity (Wildman–Crippen MR) is 127 cm³/mol. The Balaban J connectivity index is 1.43. The number of para-hydroxylation sites is 2. The largest absolute Gasteiger partial charge is 0.486 e. The van der Waals surface area contributed by atoms with Crippen molar-refractivity contribution >= 4 is 21.8 Å². The van der Waals surface area contributed by atoms with Gasteiger partial charge in [-0.2, -0.15) is 0 Å². The van der Waals surface area contributed by atoms with E-state index in [2.05, 4.69) is 0 Å². The van der Waals surface area contributed by atoms with Gasteiger partial charge in [-0.3, -0.25) is 4.79 Å². The summed E-state index contributed by atoms with van der Waals surface area (Å²) in [4.78, 5) is 25.1. The first kappa shape index (κ1) is 24.5. The second-order valence-corrected chi connectivity index (χ2v) is 9.95. The van der Waals surface area contributed by atoms with Crippen LogP contribution in [0, 0.1) is 20.8 Å². The fourth-order valence-corrected chi connectivity index (χ4v) is 4.85. The lowest BCUT2D eigenvalue weighted by atomic mass is 10.1. The second-order valence-electron chi connectivity index (χ2n) is 8.42. The minimum atomic E-state index is -4.00. The number of aryl methyl sites for hydroxylation is 2. The summed E-state index contributed by atoms with van der Waals surface area (Å²) in [7, 11) is -4.00. The van der Waals surface area contributed by atoms with Crippen LogP contribution in [0.3, 0.4) is 0 Å². The van der Waals surface area contributed by atoms with Gasteiger partial charge in [-0.15, -0.1) is 0 Å². The van der Waals surface area contributed by atoms with E-state index in [1.54, 1.807) is 13.0 Å². The van der Waals surface area contributed by atoms with Crippen molar-refractivity contribution in [1.82, 2.24) is 4.57 Å². The van der Waals surface area contributed by atoms with Crippen LogP contribution in [0.5, 0.6) is 11.5 Å². The smallest absolute Gasteiger partial charge is 0.338 e. The number of ketones is 1. The first-order chi connectivity index (χ1) is 16.5. The number of ether oxygens (including phenoxy) is 3. The minimum absolute atomic E-state index is 0.00683. The van der Waals surface area contributed by atoms with E-state index in [-0.39, 0.29) is 22.3 Å². The summed E-state index contributed by atoms with van der Waals surface area (Å²) < 4.78 is 42.4. The molecule has 0 amide bonds. The molecule has 2 heterocycles. The van der Waals surface area contributed by atoms with E-state index in [1.165, 1.54) is 12.1 Å². The number of Topliss-reactive ketones (excluding diaryl/α,β-unsaturated/α-hetero) is 1. The summed E-state index contributed by atoms with van der Waals surface area (Å²) in [5.74, 6) is 0.189. The third-order valence-corrected chi connectivity index (χ3v) is 6.95. The molecule has 0 aliphatic carbocycles. The van der Waals surface area contributed by atoms with Gasteiger partial charge >= 0.3 is 5.97 Å². The van der Waals surface area contributed by atoms with Crippen molar-refractivity contribution in [2.24, 2.45) is 5.14 Å². The number of fused-ring (bicyclic) bond motifs is 1. The number of rotatable bonds is 7. The van der Waals surface area contributed by atoms with Crippen molar-refractivity contribution in [3.05, 3.63) is 76.6 Å². The molecule has 0 spiro atoms. The lowest BCUT2D eigenvalue weighted by molar-refractivity contribution is 0.0474. The maximum atomic E-state index is 12.8. The Morgan fingerprint density at radius 1 is 1.09 bits per heavy atom. The van der Waals surface area contributed by atoms with Gasteiger partial charge in [0.1, 0.15) is 6.61 Å². The zero-order chi connectivity index (χ0) is 25.3. The molecule has 0 saturated carbocycles. The highest BCUT2D eigenvalue weighted by molar-refractivity contribution is 7.89. The number of hydrogen-bond acceptors (Lipinski definition) is 7. The lowest BCUT2D eigenvalue weighted by Crippen LogP contribution is -2.33. The molecule has 0 saturated heterocycles. The van der Waals surface area contributed by atoms with Gasteiger partial charge in [0.2, 0.25) is 15.8 Å². The number of primary sulfonamides is 1. The molecule has 0 fully saturated rings. The maximum Gasteiger partial charge on any atom is 0.338 e. The Kier molecular flexibility index (Phi) is 6.68. The zero-order valence-electron chi connectivity index (χ0n) is 19.6. The lowest BCUT2D eigenvalue weighted by Gasteiger charge is -2.27. The van der Waals surface area contributed by atoms with E-state index in [9.17, 15) is 18.0 Å². The summed E-state index contributed by atoms with van der Waals surface area (Å²) in [5.41, 5.74) is 2.41. The first-order valence-electron chi connectivity index (χ1n) is 10.9. The standard InChI is InChI=1S/C25H26N2O7S/c1-15-8-9-18(11-24(15)35(26,30)31)25(29)33-14-21(28)20-10-16(2)27(17(20)3)12-19-13-32-22-6-4-5-7-23(22)34-19/h4-11,19H,12-14H2,1-3H3,(H2,26,30,31). The number of hydrogen-bond donors (Lipinski definition) is 1. The predicted octanol–water partition coefficient (Wildman–Crippen LogP) is 2.94. The molecule has 9 nitrogen and oxygen atoms in total. The van der Waals surface area contributed by atoms with Crippen LogP contribution in [0.4, 0.5) is 0 Å². The van der Waals surface area contributed by atoms with Crippen LogP contribution < -0.4 is 14.6 Å². The number of esters is 1. The molecule has 1 aliphatic rings. The highest BCUT2D eigenvalue weighted by Gasteiger charge is 2.24. The van der Waals surface area contributed by atoms with Crippen LogP contribution in [0.1, 0.15) is 37.7 Å². The molecular weight excluding hydrogens is 472 g/mol. The fraction of sp³-hybridized carbons (Fsp3) is 0.280. The van der Waals surface area contributed by atoms with Crippen LogP contribution in [0.25, 0.3) is 0 Å². The van der Waals surface area contributed by atoms with E-state index in [0.717, 1.165) is 17.5 Å². The Labute approximate surface area is 203 Å². The normalized spacial score (nSPS) is 15.0. The van der Waals surface area contributed by atoms with Crippen molar-refractivity contribution in [3.63, 3.8) is 0 Å². The van der Waals surface area contributed by atoms with E-state index in [4.69, 9.17) is 19.3 Å². The average molecular weight is 499 g/mol. The second kappa shape index (κ2) is 9.55. The highest BCUT2D eigenvalue weighted by Crippen LogP contribution is 2.31. The Morgan fingerprint density at radius 3 is 2.51 bits per heavy atom. The molecule has 1 unspecified atom stereocenters. The van der Waals surface area contributed by atoms with Crippen molar-refractivity contribution in [2.45, 2.75) is 38.3 Å². The maximum absolute atomic E-state index is 12.8. The monoisotopic (exact) mass is 498 g/mol. The topological polar surface area (TPSA) is 127 Å². The number of nitrogens with zero attached hydrogens (tertiary/aromatic N) is 1. The van der Waals surface area contributed by atoms with Gasteiger partial charge in [-0.05, 0) is 56.7 Å². The molecule has 0 bridgehead atoms. The first-order valence-corrected chi connectivity index (χ1v) is 12.5. The molecule has 35 heavy (non-hydrogen) atoms. The summed E-state index contributed by atoms with van der Waals surface area (Å²) in [5, 5.41) is 5.20. The Morgan fingerprint density at radius 2 is 1.80 bits per heavy atom. The SMILES string of the molecule is Cc1ccc(C(=O)OCC(=O)c2cc(C)n(CC3COc4ccccc4O3)c2C)cc1S(N)(=O)=O. The molecule has 0 radical (unpaired) electrons. The Bertz CT molecular complexity index is 1410. The molecular formula is C25H26N2O7S. The van der Waals surface area contributed by atoms with Crippen LogP contribution in [-0.2, 0) is 21.3 Å². The minimum Gasteiger partial charge on any atom is -0.486 e. The molecule has 1 aromatic heterocycles. The summed E-state index contributed by atoms with van der Waals surface area (Å²) in [6.07, 6.45) is -0.231. The number of benzene rings is 2. The molecule has 10 heteroatoms. The molecule has 4 rings (SSSR count). The van der Waals surface area contributed by atoms with Crippen molar-refractivity contribution in [1.29, 1.82) is 0 Å². The number of nitrogens with two attached hydrogens (primary N) is 1. The fourth-order valence-electron chi connectivity index (χ4n) is 4.05.